The quantitative estimate of drug-likeness (QED) is 0.351. The number of rotatable bonds is 7. The molecule has 1 atom stereocenters. The van der Waals surface area contributed by atoms with Gasteiger partial charge in [-0.15, -0.1) is 0 Å². The van der Waals surface area contributed by atoms with E-state index in [0.29, 0.717) is 17.7 Å². The van der Waals surface area contributed by atoms with Crippen LogP contribution in [-0.4, -0.2) is 61.6 Å². The molecule has 0 saturated carbocycles. The lowest BCUT2D eigenvalue weighted by molar-refractivity contribution is -0.139. The van der Waals surface area contributed by atoms with E-state index in [4.69, 9.17) is 9.97 Å². The zero-order valence-corrected chi connectivity index (χ0v) is 18.4. The highest BCUT2D eigenvalue weighted by atomic mass is 16.5. The van der Waals surface area contributed by atoms with Gasteiger partial charge in [0.2, 0.25) is 11.9 Å². The Morgan fingerprint density at radius 1 is 1.24 bits per heavy atom. The van der Waals surface area contributed by atoms with E-state index in [1.54, 1.807) is 10.6 Å². The first-order valence-corrected chi connectivity index (χ1v) is 10.8. The molecule has 174 valence electrons. The first-order chi connectivity index (χ1) is 16.6. The minimum Gasteiger partial charge on any atom is -0.468 e. The number of methoxy groups -OCH3 is 1. The monoisotopic (exact) mass is 461 g/mol. The third kappa shape index (κ3) is 4.25. The third-order valence-electron chi connectivity index (χ3n) is 5.60. The summed E-state index contributed by atoms with van der Waals surface area (Å²) in [5.41, 5.74) is 1.91. The number of hydrogen-bond acceptors (Lipinski definition) is 9. The smallest absolute Gasteiger partial charge is 0.325 e. The molecule has 5 heterocycles. The van der Waals surface area contributed by atoms with Crippen LogP contribution >= 0.6 is 0 Å². The van der Waals surface area contributed by atoms with Crippen LogP contribution in [0, 0.1) is 0 Å². The number of amides is 1. The van der Waals surface area contributed by atoms with E-state index < -0.39 is 11.9 Å². The number of nitrogens with one attached hydrogen (secondary N) is 3. The zero-order valence-electron chi connectivity index (χ0n) is 18.4. The molecule has 5 rings (SSSR count). The van der Waals surface area contributed by atoms with Crippen LogP contribution in [-0.2, 0) is 9.53 Å². The number of carbonyl (C=O) groups excluding carboxylic acids is 2. The Balaban J connectivity index is 1.40. The molecule has 0 bridgehead atoms. The maximum Gasteiger partial charge on any atom is 0.325 e. The Morgan fingerprint density at radius 3 is 2.97 bits per heavy atom. The van der Waals surface area contributed by atoms with E-state index in [1.807, 2.05) is 36.5 Å². The number of esters is 1. The van der Waals surface area contributed by atoms with Crippen LogP contribution in [0.2, 0.25) is 0 Å². The number of fused-ring (bicyclic) bond motifs is 1. The van der Waals surface area contributed by atoms with Crippen molar-refractivity contribution in [2.45, 2.75) is 18.9 Å². The minimum absolute atomic E-state index is 0.0990. The number of nitrogens with zero attached hydrogens (tertiary/aromatic N) is 6. The number of hydrogen-bond donors (Lipinski definition) is 3. The standard InChI is InChI=1S/C22H23N9O3/c1-34-19(32)13-24-20(33)15-12-17(29-28-15)25-21-27-22(26-18-8-5-11-31(18)21)30-10-4-7-16(30)14-6-2-3-9-23-14/h2-3,5-6,8-9,11-12,16H,4,7,10,13H2,1H3,(H,24,33)(H2,25,26,27,28,29). The van der Waals surface area contributed by atoms with Crippen molar-refractivity contribution in [1.82, 2.24) is 34.9 Å². The van der Waals surface area contributed by atoms with Crippen LogP contribution < -0.4 is 15.5 Å². The molecular weight excluding hydrogens is 438 g/mol. The second-order valence-corrected chi connectivity index (χ2v) is 7.74. The van der Waals surface area contributed by atoms with Crippen molar-refractivity contribution in [3.63, 3.8) is 0 Å². The second kappa shape index (κ2) is 9.17. The van der Waals surface area contributed by atoms with Crippen LogP contribution in [0.3, 0.4) is 0 Å². The minimum atomic E-state index is -0.541. The van der Waals surface area contributed by atoms with Gasteiger partial charge in [0.25, 0.3) is 5.91 Å². The summed E-state index contributed by atoms with van der Waals surface area (Å²) < 4.78 is 6.33. The molecule has 1 unspecified atom stereocenters. The molecule has 0 aliphatic carbocycles. The normalized spacial score (nSPS) is 15.4. The number of H-pyrrole nitrogens is 1. The van der Waals surface area contributed by atoms with Gasteiger partial charge in [0.1, 0.15) is 17.9 Å². The van der Waals surface area contributed by atoms with Crippen molar-refractivity contribution < 1.29 is 14.3 Å². The second-order valence-electron chi connectivity index (χ2n) is 7.74. The highest BCUT2D eigenvalue weighted by molar-refractivity contribution is 5.94. The van der Waals surface area contributed by atoms with Gasteiger partial charge in [0.15, 0.2) is 5.82 Å². The molecule has 12 heteroatoms. The number of aromatic nitrogens is 6. The summed E-state index contributed by atoms with van der Waals surface area (Å²) >= 11 is 0. The van der Waals surface area contributed by atoms with E-state index in [0.717, 1.165) is 30.7 Å². The van der Waals surface area contributed by atoms with E-state index in [9.17, 15) is 9.59 Å². The maximum atomic E-state index is 12.2. The largest absolute Gasteiger partial charge is 0.468 e. The van der Waals surface area contributed by atoms with Crippen molar-refractivity contribution in [3.05, 3.63) is 60.2 Å². The Labute approximate surface area is 194 Å². The molecule has 1 aliphatic heterocycles. The Morgan fingerprint density at radius 2 is 2.15 bits per heavy atom. The van der Waals surface area contributed by atoms with Crippen LogP contribution in [0.5, 0.6) is 0 Å². The molecule has 1 aliphatic rings. The van der Waals surface area contributed by atoms with Gasteiger partial charge in [0, 0.05) is 25.0 Å². The van der Waals surface area contributed by atoms with E-state index in [2.05, 4.69) is 35.5 Å². The number of pyridine rings is 1. The molecule has 1 saturated heterocycles. The summed E-state index contributed by atoms with van der Waals surface area (Å²) in [7, 11) is 1.26. The summed E-state index contributed by atoms with van der Waals surface area (Å²) in [6, 6.07) is 11.3. The van der Waals surface area contributed by atoms with E-state index in [1.165, 1.54) is 13.2 Å². The lowest BCUT2D eigenvalue weighted by Gasteiger charge is -2.24. The molecule has 0 spiro atoms. The zero-order chi connectivity index (χ0) is 23.5. The Hall–Kier alpha value is -4.48. The number of ether oxygens (including phenoxy) is 1. The molecule has 4 aromatic heterocycles. The van der Waals surface area contributed by atoms with Gasteiger partial charge in [-0.1, -0.05) is 6.07 Å². The summed E-state index contributed by atoms with van der Waals surface area (Å²) in [6.07, 6.45) is 5.63. The molecule has 12 nitrogen and oxygen atoms in total. The average molecular weight is 461 g/mol. The third-order valence-corrected chi connectivity index (χ3v) is 5.60. The highest BCUT2D eigenvalue weighted by Gasteiger charge is 2.29. The molecule has 3 N–H and O–H groups in total. The number of carbonyl (C=O) groups is 2. The lowest BCUT2D eigenvalue weighted by Crippen LogP contribution is -2.30. The SMILES string of the molecule is COC(=O)CNC(=O)c1cc(Nc2nc(N3CCCC3c3ccccn3)nc3cccn23)n[nH]1. The van der Waals surface area contributed by atoms with Crippen molar-refractivity contribution in [1.29, 1.82) is 0 Å². The first kappa shape index (κ1) is 21.4. The van der Waals surface area contributed by atoms with Gasteiger partial charge < -0.3 is 20.3 Å². The van der Waals surface area contributed by atoms with Crippen LogP contribution in [0.1, 0.15) is 35.1 Å². The molecule has 0 radical (unpaired) electrons. The fourth-order valence-electron chi connectivity index (χ4n) is 3.96. The van der Waals surface area contributed by atoms with Crippen LogP contribution in [0.25, 0.3) is 5.65 Å². The maximum absolute atomic E-state index is 12.2. The molecule has 1 fully saturated rings. The summed E-state index contributed by atoms with van der Waals surface area (Å²) in [5, 5.41) is 12.4. The van der Waals surface area contributed by atoms with Gasteiger partial charge in [0.05, 0.1) is 18.8 Å². The van der Waals surface area contributed by atoms with Crippen LogP contribution in [0.4, 0.5) is 17.7 Å². The topological polar surface area (TPSA) is 142 Å². The van der Waals surface area contributed by atoms with Crippen molar-refractivity contribution in [3.8, 4) is 0 Å². The van der Waals surface area contributed by atoms with Crippen molar-refractivity contribution in [2.75, 3.05) is 30.4 Å². The van der Waals surface area contributed by atoms with Crippen LogP contribution in [0.15, 0.2) is 48.8 Å². The predicted molar refractivity (Wildman–Crippen MR) is 123 cm³/mol. The molecular formula is C22H23N9O3. The number of aromatic amines is 1. The van der Waals surface area contributed by atoms with E-state index >= 15 is 0 Å². The van der Waals surface area contributed by atoms with Gasteiger partial charge in [-0.05, 0) is 37.1 Å². The summed E-state index contributed by atoms with van der Waals surface area (Å²) in [4.78, 5) is 39.7. The van der Waals surface area contributed by atoms with E-state index in [-0.39, 0.29) is 18.3 Å². The Kier molecular flexibility index (Phi) is 5.77. The Bertz CT molecular complexity index is 1320. The van der Waals surface area contributed by atoms with Gasteiger partial charge in [-0.2, -0.15) is 15.1 Å². The van der Waals surface area contributed by atoms with Gasteiger partial charge in [-0.25, -0.2) is 0 Å². The highest BCUT2D eigenvalue weighted by Crippen LogP contribution is 2.34. The van der Waals surface area contributed by atoms with Gasteiger partial charge in [-0.3, -0.25) is 24.1 Å². The number of anilines is 3. The average Bonchev–Trinajstić information content (AvgIpc) is 3.63. The summed E-state index contributed by atoms with van der Waals surface area (Å²) in [5.74, 6) is 0.472. The van der Waals surface area contributed by atoms with Gasteiger partial charge >= 0.3 is 5.97 Å². The van der Waals surface area contributed by atoms with Crippen molar-refractivity contribution in [2.24, 2.45) is 0 Å². The molecule has 34 heavy (non-hydrogen) atoms. The molecule has 1 amide bonds. The fourth-order valence-corrected chi connectivity index (χ4v) is 3.96. The summed E-state index contributed by atoms with van der Waals surface area (Å²) in [6.45, 7) is 0.591. The predicted octanol–water partition coefficient (Wildman–Crippen LogP) is 1.84. The lowest BCUT2D eigenvalue weighted by atomic mass is 10.1. The molecule has 0 aromatic carbocycles. The molecule has 4 aromatic rings. The van der Waals surface area contributed by atoms with Crippen molar-refractivity contribution >= 4 is 35.2 Å². The fraction of sp³-hybridized carbons (Fsp3) is 0.273. The first-order valence-electron chi connectivity index (χ1n) is 10.8.